The van der Waals surface area contributed by atoms with Gasteiger partial charge in [0, 0.05) is 29.4 Å². The molecule has 1 aliphatic carbocycles. The maximum Gasteiger partial charge on any atom is 0.268 e. The van der Waals surface area contributed by atoms with Crippen LogP contribution in [0.2, 0.25) is 0 Å². The highest BCUT2D eigenvalue weighted by Crippen LogP contribution is 2.31. The van der Waals surface area contributed by atoms with E-state index in [1.165, 1.54) is 6.42 Å². The second-order valence-corrected chi connectivity index (χ2v) is 9.09. The number of ether oxygens (including phenoxy) is 1. The molecule has 2 aliphatic rings. The van der Waals surface area contributed by atoms with Crippen molar-refractivity contribution in [3.05, 3.63) is 30.0 Å². The molecular weight excluding hydrogens is 408 g/mol. The van der Waals surface area contributed by atoms with E-state index in [1.54, 1.807) is 13.2 Å². The Morgan fingerprint density at radius 1 is 1.19 bits per heavy atom. The Morgan fingerprint density at radius 3 is 2.66 bits per heavy atom. The van der Waals surface area contributed by atoms with E-state index in [0.717, 1.165) is 30.2 Å². The van der Waals surface area contributed by atoms with Gasteiger partial charge >= 0.3 is 0 Å². The zero-order chi connectivity index (χ0) is 22.7. The summed E-state index contributed by atoms with van der Waals surface area (Å²) < 4.78 is 5.38. The van der Waals surface area contributed by atoms with Crippen molar-refractivity contribution in [1.82, 2.24) is 20.9 Å². The highest BCUT2D eigenvalue weighted by Gasteiger charge is 2.31. The van der Waals surface area contributed by atoms with Crippen molar-refractivity contribution in [3.8, 4) is 5.75 Å². The SMILES string of the molecule is COc1cccc2[nH]c(C(=O)NC(CC3CCC3)C(=O)NC(C)CC3CCNC3=O)cc12. The van der Waals surface area contributed by atoms with Crippen LogP contribution in [0.3, 0.4) is 0 Å². The molecule has 8 nitrogen and oxygen atoms in total. The number of aromatic nitrogens is 1. The van der Waals surface area contributed by atoms with Gasteiger partial charge in [-0.3, -0.25) is 14.4 Å². The van der Waals surface area contributed by atoms with Crippen LogP contribution in [0.25, 0.3) is 10.9 Å². The lowest BCUT2D eigenvalue weighted by molar-refractivity contribution is -0.126. The first-order valence-electron chi connectivity index (χ1n) is 11.5. The molecule has 0 spiro atoms. The van der Waals surface area contributed by atoms with Crippen LogP contribution >= 0.6 is 0 Å². The molecule has 3 amide bonds. The van der Waals surface area contributed by atoms with Gasteiger partial charge in [-0.25, -0.2) is 0 Å². The second kappa shape index (κ2) is 9.63. The number of nitrogens with one attached hydrogen (secondary N) is 4. The fourth-order valence-electron chi connectivity index (χ4n) is 4.66. The van der Waals surface area contributed by atoms with E-state index in [-0.39, 0.29) is 29.7 Å². The van der Waals surface area contributed by atoms with Gasteiger partial charge in [-0.05, 0) is 50.3 Å². The van der Waals surface area contributed by atoms with Crippen molar-refractivity contribution in [2.45, 2.75) is 57.5 Å². The van der Waals surface area contributed by atoms with E-state index in [4.69, 9.17) is 4.74 Å². The number of rotatable bonds is 9. The van der Waals surface area contributed by atoms with Crippen molar-refractivity contribution < 1.29 is 19.1 Å². The van der Waals surface area contributed by atoms with Crippen molar-refractivity contribution in [3.63, 3.8) is 0 Å². The van der Waals surface area contributed by atoms with Crippen molar-refractivity contribution in [2.24, 2.45) is 11.8 Å². The van der Waals surface area contributed by atoms with Gasteiger partial charge in [0.15, 0.2) is 0 Å². The number of carbonyl (C=O) groups is 3. The van der Waals surface area contributed by atoms with Crippen LogP contribution in [-0.4, -0.2) is 48.4 Å². The Bertz CT molecular complexity index is 997. The minimum atomic E-state index is -0.610. The summed E-state index contributed by atoms with van der Waals surface area (Å²) in [6.45, 7) is 2.61. The molecule has 1 saturated carbocycles. The minimum Gasteiger partial charge on any atom is -0.496 e. The number of amides is 3. The zero-order valence-corrected chi connectivity index (χ0v) is 18.7. The Kier molecular flexibility index (Phi) is 6.67. The number of hydrogen-bond acceptors (Lipinski definition) is 4. The summed E-state index contributed by atoms with van der Waals surface area (Å²) in [4.78, 5) is 41.0. The third-order valence-electron chi connectivity index (χ3n) is 6.69. The first-order chi connectivity index (χ1) is 15.4. The molecule has 1 aromatic carbocycles. The molecule has 2 fully saturated rings. The Hall–Kier alpha value is -3.03. The van der Waals surface area contributed by atoms with Gasteiger partial charge in [-0.15, -0.1) is 0 Å². The highest BCUT2D eigenvalue weighted by molar-refractivity contribution is 6.01. The predicted octanol–water partition coefficient (Wildman–Crippen LogP) is 2.50. The van der Waals surface area contributed by atoms with Crippen molar-refractivity contribution >= 4 is 28.6 Å². The van der Waals surface area contributed by atoms with Crippen LogP contribution < -0.4 is 20.7 Å². The van der Waals surface area contributed by atoms with E-state index < -0.39 is 6.04 Å². The van der Waals surface area contributed by atoms with Crippen molar-refractivity contribution in [2.75, 3.05) is 13.7 Å². The zero-order valence-electron chi connectivity index (χ0n) is 18.7. The number of fused-ring (bicyclic) bond motifs is 1. The molecule has 0 bridgehead atoms. The summed E-state index contributed by atoms with van der Waals surface area (Å²) in [7, 11) is 1.59. The maximum atomic E-state index is 13.1. The van der Waals surface area contributed by atoms with E-state index in [1.807, 2.05) is 25.1 Å². The summed E-state index contributed by atoms with van der Waals surface area (Å²) in [6.07, 6.45) is 5.36. The quantitative estimate of drug-likeness (QED) is 0.480. The molecule has 1 aliphatic heterocycles. The molecular formula is C24H32N4O4. The second-order valence-electron chi connectivity index (χ2n) is 9.09. The van der Waals surface area contributed by atoms with Crippen LogP contribution in [0.15, 0.2) is 24.3 Å². The van der Waals surface area contributed by atoms with E-state index in [0.29, 0.717) is 36.7 Å². The number of H-pyrrole nitrogens is 1. The average molecular weight is 441 g/mol. The Morgan fingerprint density at radius 2 is 2.00 bits per heavy atom. The first kappa shape index (κ1) is 22.2. The fourth-order valence-corrected chi connectivity index (χ4v) is 4.66. The summed E-state index contributed by atoms with van der Waals surface area (Å²) in [5.41, 5.74) is 1.20. The Balaban J connectivity index is 1.43. The highest BCUT2D eigenvalue weighted by atomic mass is 16.5. The molecule has 1 aromatic heterocycles. The molecule has 172 valence electrons. The van der Waals surface area contributed by atoms with Crippen molar-refractivity contribution in [1.29, 1.82) is 0 Å². The van der Waals surface area contributed by atoms with Crippen LogP contribution in [0.1, 0.15) is 55.9 Å². The van der Waals surface area contributed by atoms with Gasteiger partial charge in [0.05, 0.1) is 7.11 Å². The molecule has 8 heteroatoms. The first-order valence-corrected chi connectivity index (χ1v) is 11.5. The average Bonchev–Trinajstić information content (AvgIpc) is 3.35. The van der Waals surface area contributed by atoms with Gasteiger partial charge in [0.2, 0.25) is 11.8 Å². The summed E-state index contributed by atoms with van der Waals surface area (Å²) >= 11 is 0. The molecule has 3 unspecified atom stereocenters. The summed E-state index contributed by atoms with van der Waals surface area (Å²) in [6, 6.07) is 6.59. The van der Waals surface area contributed by atoms with Crippen LogP contribution in [0, 0.1) is 11.8 Å². The van der Waals surface area contributed by atoms with Crippen LogP contribution in [-0.2, 0) is 9.59 Å². The van der Waals surface area contributed by atoms with Crippen LogP contribution in [0.5, 0.6) is 5.75 Å². The van der Waals surface area contributed by atoms with Gasteiger partial charge < -0.3 is 25.7 Å². The standard InChI is InChI=1S/C24H32N4O4/c1-14(11-16-9-10-25-22(16)29)26-23(30)19(12-15-5-3-6-15)28-24(31)20-13-17-18(27-20)7-4-8-21(17)32-2/h4,7-8,13-16,19,27H,3,5-6,9-12H2,1-2H3,(H,25,29)(H,26,30)(H,28,31). The molecule has 4 N–H and O–H groups in total. The number of carbonyl (C=O) groups excluding carboxylic acids is 3. The molecule has 32 heavy (non-hydrogen) atoms. The minimum absolute atomic E-state index is 0.0552. The van der Waals surface area contributed by atoms with Gasteiger partial charge in [-0.2, -0.15) is 0 Å². The van der Waals surface area contributed by atoms with E-state index >= 15 is 0 Å². The lowest BCUT2D eigenvalue weighted by Gasteiger charge is -2.30. The molecule has 2 aromatic rings. The third kappa shape index (κ3) is 4.89. The molecule has 0 radical (unpaired) electrons. The number of benzene rings is 1. The number of aromatic amines is 1. The molecule has 2 heterocycles. The number of hydrogen-bond donors (Lipinski definition) is 4. The molecule has 4 rings (SSSR count). The molecule has 1 saturated heterocycles. The smallest absolute Gasteiger partial charge is 0.268 e. The maximum absolute atomic E-state index is 13.1. The summed E-state index contributed by atoms with van der Waals surface area (Å²) in [5.74, 6) is 0.623. The monoisotopic (exact) mass is 440 g/mol. The van der Waals surface area contributed by atoms with Gasteiger partial charge in [-0.1, -0.05) is 25.3 Å². The van der Waals surface area contributed by atoms with Gasteiger partial charge in [0.25, 0.3) is 5.91 Å². The van der Waals surface area contributed by atoms with Crippen LogP contribution in [0.4, 0.5) is 0 Å². The topological polar surface area (TPSA) is 112 Å². The molecule has 3 atom stereocenters. The normalized spacial score (nSPS) is 20.3. The largest absolute Gasteiger partial charge is 0.496 e. The third-order valence-corrected chi connectivity index (χ3v) is 6.69. The van der Waals surface area contributed by atoms with Gasteiger partial charge in [0.1, 0.15) is 17.5 Å². The van der Waals surface area contributed by atoms with E-state index in [9.17, 15) is 14.4 Å². The fraction of sp³-hybridized carbons (Fsp3) is 0.542. The Labute approximate surface area is 187 Å². The van der Waals surface area contributed by atoms with E-state index in [2.05, 4.69) is 20.9 Å². The lowest BCUT2D eigenvalue weighted by atomic mass is 9.80. The predicted molar refractivity (Wildman–Crippen MR) is 121 cm³/mol. The summed E-state index contributed by atoms with van der Waals surface area (Å²) in [5, 5.41) is 9.61. The number of methoxy groups -OCH3 is 1. The lowest BCUT2D eigenvalue weighted by Crippen LogP contribution is -2.50.